The molecular formula is C9H15FO4S. The number of hydrogen-bond acceptors (Lipinski definition) is 3. The number of rotatable bonds is 2. The second-order valence-electron chi connectivity index (χ2n) is 4.59. The van der Waals surface area contributed by atoms with Crippen LogP contribution in [0.4, 0.5) is 4.39 Å². The zero-order valence-corrected chi connectivity index (χ0v) is 9.60. The summed E-state index contributed by atoms with van der Waals surface area (Å²) >= 11 is 0. The van der Waals surface area contributed by atoms with E-state index in [1.54, 1.807) is 0 Å². The van der Waals surface area contributed by atoms with Gasteiger partial charge in [0, 0.05) is 0 Å². The lowest BCUT2D eigenvalue weighted by atomic mass is 9.74. The van der Waals surface area contributed by atoms with E-state index in [1.807, 2.05) is 0 Å². The first-order valence-corrected chi connectivity index (χ1v) is 6.56. The minimum absolute atomic E-state index is 0.00840. The van der Waals surface area contributed by atoms with Gasteiger partial charge < -0.3 is 5.11 Å². The van der Waals surface area contributed by atoms with Crippen molar-refractivity contribution in [1.29, 1.82) is 0 Å². The molecular weight excluding hydrogens is 223 g/mol. The molecule has 1 atom stereocenters. The Morgan fingerprint density at radius 1 is 1.47 bits per heavy atom. The van der Waals surface area contributed by atoms with Crippen LogP contribution in [0.3, 0.4) is 0 Å². The topological polar surface area (TPSA) is 71.4 Å². The Hall–Kier alpha value is -0.650. The predicted octanol–water partition coefficient (Wildman–Crippen LogP) is 1.01. The number of sulfone groups is 1. The van der Waals surface area contributed by atoms with Crippen LogP contribution in [0.1, 0.15) is 26.7 Å². The standard InChI is InChI=1S/C9H15FO4S/c1-8(2,7(11)12)9(10)4-3-5-15(13,14)6-9/h3-6H2,1-2H3,(H,11,12). The number of alkyl halides is 1. The molecule has 1 fully saturated rings. The van der Waals surface area contributed by atoms with Crippen molar-refractivity contribution in [3.63, 3.8) is 0 Å². The first-order valence-electron chi connectivity index (χ1n) is 4.73. The summed E-state index contributed by atoms with van der Waals surface area (Å²) < 4.78 is 36.9. The molecule has 1 saturated heterocycles. The Morgan fingerprint density at radius 3 is 2.40 bits per heavy atom. The summed E-state index contributed by atoms with van der Waals surface area (Å²) in [6.07, 6.45) is 0.182. The summed E-state index contributed by atoms with van der Waals surface area (Å²) in [6.45, 7) is 2.46. The van der Waals surface area contributed by atoms with Gasteiger partial charge in [0.25, 0.3) is 0 Å². The molecule has 0 aromatic rings. The van der Waals surface area contributed by atoms with E-state index in [2.05, 4.69) is 0 Å². The van der Waals surface area contributed by atoms with Crippen molar-refractivity contribution >= 4 is 15.8 Å². The van der Waals surface area contributed by atoms with E-state index < -0.39 is 32.6 Å². The zero-order valence-electron chi connectivity index (χ0n) is 8.79. The second-order valence-corrected chi connectivity index (χ2v) is 6.78. The van der Waals surface area contributed by atoms with Crippen molar-refractivity contribution in [1.82, 2.24) is 0 Å². The predicted molar refractivity (Wildman–Crippen MR) is 53.1 cm³/mol. The third-order valence-corrected chi connectivity index (χ3v) is 4.94. The fourth-order valence-corrected chi connectivity index (χ4v) is 3.68. The summed E-state index contributed by atoms with van der Waals surface area (Å²) in [4.78, 5) is 10.9. The highest BCUT2D eigenvalue weighted by atomic mass is 32.2. The zero-order chi connectivity index (χ0) is 11.9. The largest absolute Gasteiger partial charge is 0.481 e. The van der Waals surface area contributed by atoms with Gasteiger partial charge in [0.15, 0.2) is 9.84 Å². The molecule has 0 radical (unpaired) electrons. The van der Waals surface area contributed by atoms with Gasteiger partial charge in [-0.2, -0.15) is 0 Å². The van der Waals surface area contributed by atoms with Gasteiger partial charge in [-0.1, -0.05) is 0 Å². The summed E-state index contributed by atoms with van der Waals surface area (Å²) in [6, 6.07) is 0. The van der Waals surface area contributed by atoms with Crippen LogP contribution in [-0.2, 0) is 14.6 Å². The summed E-state index contributed by atoms with van der Waals surface area (Å²) in [7, 11) is -3.45. The fraction of sp³-hybridized carbons (Fsp3) is 0.889. The molecule has 1 N–H and O–H groups in total. The van der Waals surface area contributed by atoms with E-state index in [4.69, 9.17) is 5.11 Å². The number of carboxylic acids is 1. The van der Waals surface area contributed by atoms with E-state index in [0.717, 1.165) is 0 Å². The van der Waals surface area contributed by atoms with Crippen LogP contribution in [0.5, 0.6) is 0 Å². The van der Waals surface area contributed by atoms with Crippen molar-refractivity contribution in [2.45, 2.75) is 32.4 Å². The van der Waals surface area contributed by atoms with Gasteiger partial charge >= 0.3 is 5.97 Å². The maximum Gasteiger partial charge on any atom is 0.312 e. The molecule has 15 heavy (non-hydrogen) atoms. The van der Waals surface area contributed by atoms with Crippen LogP contribution < -0.4 is 0 Å². The van der Waals surface area contributed by atoms with Crippen LogP contribution in [0, 0.1) is 5.41 Å². The average molecular weight is 238 g/mol. The summed E-state index contributed by atoms with van der Waals surface area (Å²) in [5.41, 5.74) is -3.82. The van der Waals surface area contributed by atoms with Crippen molar-refractivity contribution in [3.05, 3.63) is 0 Å². The van der Waals surface area contributed by atoms with Crippen molar-refractivity contribution in [2.24, 2.45) is 5.41 Å². The summed E-state index contributed by atoms with van der Waals surface area (Å²) in [5, 5.41) is 8.89. The van der Waals surface area contributed by atoms with Gasteiger partial charge in [0.1, 0.15) is 5.67 Å². The van der Waals surface area contributed by atoms with Crippen LogP contribution in [0.15, 0.2) is 0 Å². The van der Waals surface area contributed by atoms with Crippen LogP contribution in [0.25, 0.3) is 0 Å². The minimum atomic E-state index is -3.45. The van der Waals surface area contributed by atoms with Gasteiger partial charge in [-0.05, 0) is 26.7 Å². The third kappa shape index (κ3) is 2.14. The number of carboxylic acid groups (broad SMARTS) is 1. The molecule has 1 aliphatic rings. The molecule has 1 unspecified atom stereocenters. The van der Waals surface area contributed by atoms with Crippen LogP contribution in [-0.4, -0.2) is 36.7 Å². The second kappa shape index (κ2) is 3.43. The lowest BCUT2D eigenvalue weighted by Gasteiger charge is -2.39. The molecule has 4 nitrogen and oxygen atoms in total. The first-order chi connectivity index (χ1) is 6.61. The highest BCUT2D eigenvalue weighted by molar-refractivity contribution is 7.91. The normalized spacial score (nSPS) is 31.1. The SMILES string of the molecule is CC(C)(C(=O)O)C1(F)CCCS(=O)(=O)C1. The molecule has 1 aliphatic heterocycles. The van der Waals surface area contributed by atoms with Gasteiger partial charge in [0.05, 0.1) is 16.9 Å². The van der Waals surface area contributed by atoms with Crippen LogP contribution >= 0.6 is 0 Å². The Kier molecular flexibility index (Phi) is 2.84. The average Bonchev–Trinajstić information content (AvgIpc) is 2.00. The maximum absolute atomic E-state index is 14.3. The van der Waals surface area contributed by atoms with E-state index >= 15 is 0 Å². The van der Waals surface area contributed by atoms with E-state index in [-0.39, 0.29) is 18.6 Å². The molecule has 0 aromatic heterocycles. The van der Waals surface area contributed by atoms with Gasteiger partial charge in [-0.25, -0.2) is 12.8 Å². The first kappa shape index (κ1) is 12.4. The minimum Gasteiger partial charge on any atom is -0.481 e. The highest BCUT2D eigenvalue weighted by Gasteiger charge is 2.54. The monoisotopic (exact) mass is 238 g/mol. The lowest BCUT2D eigenvalue weighted by Crippen LogP contribution is -2.53. The van der Waals surface area contributed by atoms with Gasteiger partial charge in [-0.3, -0.25) is 4.79 Å². The van der Waals surface area contributed by atoms with Gasteiger partial charge in [-0.15, -0.1) is 0 Å². The highest BCUT2D eigenvalue weighted by Crippen LogP contribution is 2.42. The molecule has 1 rings (SSSR count). The van der Waals surface area contributed by atoms with E-state index in [1.165, 1.54) is 13.8 Å². The third-order valence-electron chi connectivity index (χ3n) is 3.13. The lowest BCUT2D eigenvalue weighted by molar-refractivity contribution is -0.156. The van der Waals surface area contributed by atoms with Gasteiger partial charge in [0.2, 0.25) is 0 Å². The number of aliphatic carboxylic acids is 1. The number of carbonyl (C=O) groups is 1. The number of hydrogen-bond donors (Lipinski definition) is 1. The molecule has 0 aliphatic carbocycles. The Bertz CT molecular complexity index is 374. The molecule has 88 valence electrons. The molecule has 6 heteroatoms. The number of halogens is 1. The Morgan fingerprint density at radius 2 is 2.00 bits per heavy atom. The summed E-state index contributed by atoms with van der Waals surface area (Å²) in [5.74, 6) is -2.03. The van der Waals surface area contributed by atoms with Crippen molar-refractivity contribution in [2.75, 3.05) is 11.5 Å². The molecule has 0 saturated carbocycles. The van der Waals surface area contributed by atoms with E-state index in [9.17, 15) is 17.6 Å². The Balaban J connectivity index is 3.07. The quantitative estimate of drug-likeness (QED) is 0.779. The molecule has 0 aromatic carbocycles. The maximum atomic E-state index is 14.3. The molecule has 0 spiro atoms. The fourth-order valence-electron chi connectivity index (χ4n) is 1.75. The molecule has 1 heterocycles. The van der Waals surface area contributed by atoms with E-state index in [0.29, 0.717) is 0 Å². The Labute approximate surface area is 88.4 Å². The van der Waals surface area contributed by atoms with Crippen LogP contribution in [0.2, 0.25) is 0 Å². The molecule has 0 bridgehead atoms. The smallest absolute Gasteiger partial charge is 0.312 e. The van der Waals surface area contributed by atoms with Crippen molar-refractivity contribution in [3.8, 4) is 0 Å². The molecule has 0 amide bonds. The van der Waals surface area contributed by atoms with Crippen molar-refractivity contribution < 1.29 is 22.7 Å².